The lowest BCUT2D eigenvalue weighted by Crippen LogP contribution is -2.44. The standard InChI is InChI=1S/C25H42O/c1-24(2)15-17-5-11-22(24)19(13-17)7-9-21(26)10-8-20-14-18-6-12-23(20)25(3,4)16-18/h17-20,22-23H,5-16H2,1-4H3. The molecular weight excluding hydrogens is 316 g/mol. The molecular formula is C25H42O. The van der Waals surface area contributed by atoms with Gasteiger partial charge in [-0.2, -0.15) is 0 Å². The van der Waals surface area contributed by atoms with Crippen molar-refractivity contribution in [2.75, 3.05) is 0 Å². The second-order valence-corrected chi connectivity index (χ2v) is 12.1. The third-order valence-corrected chi connectivity index (χ3v) is 9.41. The van der Waals surface area contributed by atoms with E-state index in [9.17, 15) is 4.79 Å². The number of hydrogen-bond donors (Lipinski definition) is 0. The summed E-state index contributed by atoms with van der Waals surface area (Å²) in [6, 6.07) is 0. The third-order valence-electron chi connectivity index (χ3n) is 9.41. The van der Waals surface area contributed by atoms with Crippen molar-refractivity contribution in [3.05, 3.63) is 0 Å². The smallest absolute Gasteiger partial charge is 0.132 e. The normalized spacial score (nSPS) is 42.8. The first-order chi connectivity index (χ1) is 12.2. The Balaban J connectivity index is 1.24. The van der Waals surface area contributed by atoms with Crippen LogP contribution in [0.25, 0.3) is 0 Å². The second kappa shape index (κ2) is 6.93. The van der Waals surface area contributed by atoms with Crippen molar-refractivity contribution in [3.8, 4) is 0 Å². The van der Waals surface area contributed by atoms with Crippen LogP contribution in [0.1, 0.15) is 105 Å². The minimum atomic E-state index is 0.530. The highest BCUT2D eigenvalue weighted by Crippen LogP contribution is 2.57. The Bertz CT molecular complexity index is 484. The summed E-state index contributed by atoms with van der Waals surface area (Å²) in [7, 11) is 0. The van der Waals surface area contributed by atoms with E-state index in [0.29, 0.717) is 16.6 Å². The summed E-state index contributed by atoms with van der Waals surface area (Å²) in [5.74, 6) is 5.93. The largest absolute Gasteiger partial charge is 0.300 e. The minimum absolute atomic E-state index is 0.530. The van der Waals surface area contributed by atoms with E-state index in [1.165, 1.54) is 64.2 Å². The van der Waals surface area contributed by atoms with Crippen LogP contribution in [0.5, 0.6) is 0 Å². The van der Waals surface area contributed by atoms with Crippen LogP contribution < -0.4 is 0 Å². The highest BCUT2D eigenvalue weighted by molar-refractivity contribution is 5.78. The molecule has 6 aliphatic carbocycles. The van der Waals surface area contributed by atoms with Gasteiger partial charge in [0.05, 0.1) is 0 Å². The topological polar surface area (TPSA) is 17.1 Å². The molecule has 6 fully saturated rings. The molecule has 0 amide bonds. The van der Waals surface area contributed by atoms with Gasteiger partial charge in [-0.15, -0.1) is 0 Å². The Labute approximate surface area is 162 Å². The van der Waals surface area contributed by atoms with Gasteiger partial charge in [0.25, 0.3) is 0 Å². The Morgan fingerprint density at radius 1 is 0.731 bits per heavy atom. The summed E-state index contributed by atoms with van der Waals surface area (Å²) < 4.78 is 0. The Kier molecular flexibility index (Phi) is 5.06. The maximum atomic E-state index is 12.7. The molecule has 1 nitrogen and oxygen atoms in total. The number of carbonyl (C=O) groups is 1. The summed E-state index contributed by atoms with van der Waals surface area (Å²) in [6.45, 7) is 9.94. The minimum Gasteiger partial charge on any atom is -0.300 e. The van der Waals surface area contributed by atoms with Crippen molar-refractivity contribution < 1.29 is 4.79 Å². The van der Waals surface area contributed by atoms with Crippen LogP contribution in [0.3, 0.4) is 0 Å². The molecule has 0 heterocycles. The third kappa shape index (κ3) is 3.66. The Morgan fingerprint density at radius 2 is 1.15 bits per heavy atom. The molecule has 0 aliphatic heterocycles. The van der Waals surface area contributed by atoms with E-state index < -0.39 is 0 Å². The summed E-state index contributed by atoms with van der Waals surface area (Å²) in [4.78, 5) is 12.7. The molecule has 26 heavy (non-hydrogen) atoms. The first-order valence-electron chi connectivity index (χ1n) is 11.8. The highest BCUT2D eigenvalue weighted by Gasteiger charge is 2.47. The molecule has 6 atom stereocenters. The van der Waals surface area contributed by atoms with Crippen molar-refractivity contribution in [2.45, 2.75) is 105 Å². The van der Waals surface area contributed by atoms with Crippen LogP contribution in [0, 0.1) is 46.3 Å². The molecule has 0 saturated heterocycles. The summed E-state index contributed by atoms with van der Waals surface area (Å²) >= 11 is 0. The van der Waals surface area contributed by atoms with E-state index in [1.807, 2.05) is 0 Å². The highest BCUT2D eigenvalue weighted by atomic mass is 16.1. The van der Waals surface area contributed by atoms with Crippen LogP contribution in [0.4, 0.5) is 0 Å². The molecule has 1 heteroatoms. The monoisotopic (exact) mass is 358 g/mol. The van der Waals surface area contributed by atoms with Gasteiger partial charge in [-0.25, -0.2) is 0 Å². The van der Waals surface area contributed by atoms with Crippen molar-refractivity contribution >= 4 is 5.78 Å². The molecule has 0 radical (unpaired) electrons. The molecule has 6 rings (SSSR count). The van der Waals surface area contributed by atoms with Crippen LogP contribution in [0.2, 0.25) is 0 Å². The van der Waals surface area contributed by atoms with Crippen molar-refractivity contribution in [3.63, 3.8) is 0 Å². The van der Waals surface area contributed by atoms with Gasteiger partial charge in [0.1, 0.15) is 5.78 Å². The van der Waals surface area contributed by atoms with Gasteiger partial charge >= 0.3 is 0 Å². The van der Waals surface area contributed by atoms with E-state index in [0.717, 1.165) is 48.3 Å². The van der Waals surface area contributed by atoms with Gasteiger partial charge < -0.3 is 0 Å². The number of ketones is 1. The van der Waals surface area contributed by atoms with Crippen molar-refractivity contribution in [1.29, 1.82) is 0 Å². The Hall–Kier alpha value is -0.330. The Morgan fingerprint density at radius 3 is 1.50 bits per heavy atom. The zero-order valence-corrected chi connectivity index (χ0v) is 17.9. The first kappa shape index (κ1) is 19.0. The zero-order valence-electron chi connectivity index (χ0n) is 17.9. The number of rotatable bonds is 6. The molecule has 4 bridgehead atoms. The molecule has 0 spiro atoms. The molecule has 0 aromatic rings. The van der Waals surface area contributed by atoms with E-state index in [1.54, 1.807) is 0 Å². The van der Waals surface area contributed by atoms with Crippen LogP contribution in [-0.4, -0.2) is 5.78 Å². The van der Waals surface area contributed by atoms with Gasteiger partial charge in [-0.1, -0.05) is 40.5 Å². The number of fused-ring (bicyclic) bond motifs is 6. The summed E-state index contributed by atoms with van der Waals surface area (Å²) in [6.07, 6.45) is 15.6. The molecule has 0 aromatic carbocycles. The first-order valence-corrected chi connectivity index (χ1v) is 11.8. The van der Waals surface area contributed by atoms with Crippen molar-refractivity contribution in [2.24, 2.45) is 46.3 Å². The zero-order chi connectivity index (χ0) is 18.5. The molecule has 6 saturated carbocycles. The summed E-state index contributed by atoms with van der Waals surface area (Å²) in [5.41, 5.74) is 1.06. The molecule has 0 aromatic heterocycles. The molecule has 6 aliphatic rings. The average molecular weight is 359 g/mol. The molecule has 6 unspecified atom stereocenters. The average Bonchev–Trinajstić information content (AvgIpc) is 2.56. The lowest BCUT2D eigenvalue weighted by molar-refractivity contribution is -0.121. The molecule has 148 valence electrons. The number of hydrogen-bond acceptors (Lipinski definition) is 1. The maximum Gasteiger partial charge on any atom is 0.132 e. The predicted octanol–water partition coefficient (Wildman–Crippen LogP) is 7.04. The van der Waals surface area contributed by atoms with Crippen LogP contribution in [-0.2, 0) is 4.79 Å². The lowest BCUT2D eigenvalue weighted by atomic mass is 9.52. The van der Waals surface area contributed by atoms with Gasteiger partial charge in [-0.3, -0.25) is 4.79 Å². The van der Waals surface area contributed by atoms with E-state index >= 15 is 0 Å². The van der Waals surface area contributed by atoms with Gasteiger partial charge in [0.2, 0.25) is 0 Å². The van der Waals surface area contributed by atoms with Gasteiger partial charge in [0.15, 0.2) is 0 Å². The maximum absolute atomic E-state index is 12.7. The van der Waals surface area contributed by atoms with Gasteiger partial charge in [-0.05, 0) is 97.7 Å². The fourth-order valence-corrected chi connectivity index (χ4v) is 8.40. The second-order valence-electron chi connectivity index (χ2n) is 12.1. The molecule has 0 N–H and O–H groups in total. The van der Waals surface area contributed by atoms with E-state index in [2.05, 4.69) is 27.7 Å². The van der Waals surface area contributed by atoms with Crippen LogP contribution >= 0.6 is 0 Å². The van der Waals surface area contributed by atoms with E-state index in [-0.39, 0.29) is 0 Å². The predicted molar refractivity (Wildman–Crippen MR) is 109 cm³/mol. The fourth-order valence-electron chi connectivity index (χ4n) is 8.40. The quantitative estimate of drug-likeness (QED) is 0.497. The lowest BCUT2D eigenvalue weighted by Gasteiger charge is -2.53. The summed E-state index contributed by atoms with van der Waals surface area (Å²) in [5, 5.41) is 0. The van der Waals surface area contributed by atoms with Gasteiger partial charge in [0, 0.05) is 12.8 Å². The number of carbonyl (C=O) groups excluding carboxylic acids is 1. The van der Waals surface area contributed by atoms with Crippen molar-refractivity contribution in [1.82, 2.24) is 0 Å². The SMILES string of the molecule is CC1(C)CC2CCC1C(CCC(=O)CCC1CC3CCC1C(C)(C)C3)C2. The number of Topliss-reactive ketones (excluding diaryl/α,β-unsaturated/α-hetero) is 1. The van der Waals surface area contributed by atoms with Crippen LogP contribution in [0.15, 0.2) is 0 Å². The fraction of sp³-hybridized carbons (Fsp3) is 0.960. The van der Waals surface area contributed by atoms with E-state index in [4.69, 9.17) is 0 Å².